The number of nitriles is 1. The molecular weight excluding hydrogens is 592 g/mol. The van der Waals surface area contributed by atoms with Gasteiger partial charge >= 0.3 is 6.01 Å². The molecule has 7 rings (SSSR count). The van der Waals surface area contributed by atoms with Gasteiger partial charge in [-0.05, 0) is 44.5 Å². The normalized spacial score (nSPS) is 17.3. The van der Waals surface area contributed by atoms with Crippen LogP contribution in [-0.4, -0.2) is 55.7 Å². The molecule has 0 unspecified atom stereocenters. The minimum absolute atomic E-state index is 0.0180. The van der Waals surface area contributed by atoms with Crippen LogP contribution in [0.15, 0.2) is 10.7 Å². The van der Waals surface area contributed by atoms with Crippen molar-refractivity contribution >= 4 is 43.1 Å². The number of hydrogen-bond donors (Lipinski definition) is 2. The smallest absolute Gasteiger partial charge is 0.319 e. The summed E-state index contributed by atoms with van der Waals surface area (Å²) in [5.74, 6) is -0.277. The fourth-order valence-electron chi connectivity index (χ4n) is 6.18. The molecule has 3 N–H and O–H groups in total. The van der Waals surface area contributed by atoms with Crippen molar-refractivity contribution < 1.29 is 22.8 Å². The van der Waals surface area contributed by atoms with E-state index in [9.17, 15) is 9.65 Å². The van der Waals surface area contributed by atoms with E-state index in [-0.39, 0.29) is 75.3 Å². The van der Waals surface area contributed by atoms with Gasteiger partial charge in [0, 0.05) is 23.9 Å². The summed E-state index contributed by atoms with van der Waals surface area (Å²) in [5.41, 5.74) is 7.37. The predicted octanol–water partition coefficient (Wildman–Crippen LogP) is 4.83. The Balaban J connectivity index is 1.44. The largest absolute Gasteiger partial charge is 0.459 e. The van der Waals surface area contributed by atoms with E-state index in [4.69, 9.17) is 19.7 Å². The molecule has 2 aliphatic rings. The second-order valence-electron chi connectivity index (χ2n) is 10.9. The molecule has 0 saturated carbocycles. The highest BCUT2D eigenvalue weighted by atomic mass is 32.1. The van der Waals surface area contributed by atoms with E-state index in [0.717, 1.165) is 36.9 Å². The summed E-state index contributed by atoms with van der Waals surface area (Å²) in [5, 5.41) is 17.7. The summed E-state index contributed by atoms with van der Waals surface area (Å²) in [6, 6.07) is 2.16. The zero-order valence-electron chi connectivity index (χ0n) is 24.1. The number of aryl methyl sites for hydroxylation is 1. The van der Waals surface area contributed by atoms with E-state index < -0.39 is 11.6 Å². The number of nitrogens with zero attached hydrogens (tertiary/aromatic N) is 7. The number of rotatable bonds is 7. The van der Waals surface area contributed by atoms with Crippen LogP contribution >= 0.6 is 11.3 Å². The Labute approximate surface area is 253 Å². The van der Waals surface area contributed by atoms with E-state index in [0.29, 0.717) is 34.0 Å². The van der Waals surface area contributed by atoms with Gasteiger partial charge in [-0.25, -0.2) is 8.78 Å². The summed E-state index contributed by atoms with van der Waals surface area (Å²) >= 11 is 0.919. The summed E-state index contributed by atoms with van der Waals surface area (Å²) in [7, 11) is 2.04. The van der Waals surface area contributed by atoms with Gasteiger partial charge in [-0.1, -0.05) is 5.16 Å². The lowest BCUT2D eigenvalue weighted by Crippen LogP contribution is -2.38. The number of halogens is 2. The van der Waals surface area contributed by atoms with Crippen LogP contribution in [0.4, 0.5) is 19.6 Å². The number of thiophene rings is 1. The maximum atomic E-state index is 17.0. The number of anilines is 2. The lowest BCUT2D eigenvalue weighted by Gasteiger charge is -2.26. The Morgan fingerprint density at radius 2 is 2.07 bits per heavy atom. The molecule has 1 saturated heterocycles. The number of ether oxygens (including phenoxy) is 2. The second kappa shape index (κ2) is 10.9. The lowest BCUT2D eigenvalue weighted by molar-refractivity contribution is 0.112. The van der Waals surface area contributed by atoms with Gasteiger partial charge in [0.15, 0.2) is 17.5 Å². The quantitative estimate of drug-likeness (QED) is 0.256. The lowest BCUT2D eigenvalue weighted by atomic mass is 9.93. The molecule has 2 aliphatic heterocycles. The van der Waals surface area contributed by atoms with Gasteiger partial charge < -0.3 is 25.0 Å². The van der Waals surface area contributed by atoms with Crippen molar-refractivity contribution in [2.24, 2.45) is 0 Å². The van der Waals surface area contributed by atoms with Crippen molar-refractivity contribution in [1.29, 1.82) is 5.26 Å². The average molecular weight is 620 g/mol. The molecule has 5 aromatic rings. The summed E-state index contributed by atoms with van der Waals surface area (Å²) in [6.45, 7) is 4.93. The Morgan fingerprint density at radius 1 is 1.25 bits per heavy atom. The molecule has 0 radical (unpaired) electrons. The van der Waals surface area contributed by atoms with Gasteiger partial charge in [0.1, 0.15) is 28.5 Å². The van der Waals surface area contributed by atoms with Crippen molar-refractivity contribution in [2.75, 3.05) is 24.6 Å². The zero-order chi connectivity index (χ0) is 30.7. The monoisotopic (exact) mass is 619 g/mol. The molecule has 226 valence electrons. The number of pyridine rings is 1. The topological polar surface area (TPSA) is 161 Å². The van der Waals surface area contributed by atoms with Crippen LogP contribution < -0.4 is 15.8 Å². The summed E-state index contributed by atoms with van der Waals surface area (Å²) < 4.78 is 49.1. The minimum atomic E-state index is -0.727. The van der Waals surface area contributed by atoms with Crippen LogP contribution in [0.25, 0.3) is 32.2 Å². The molecule has 0 amide bonds. The molecule has 6 heterocycles. The van der Waals surface area contributed by atoms with Crippen molar-refractivity contribution in [3.63, 3.8) is 0 Å². The van der Waals surface area contributed by atoms with Crippen molar-refractivity contribution in [2.45, 2.75) is 58.6 Å². The minimum Gasteiger partial charge on any atom is -0.459 e. The molecule has 0 aliphatic carbocycles. The first-order valence-electron chi connectivity index (χ1n) is 14.0. The molecule has 2 atom stereocenters. The van der Waals surface area contributed by atoms with Gasteiger partial charge in [-0.2, -0.15) is 20.2 Å². The van der Waals surface area contributed by atoms with Gasteiger partial charge in [0.2, 0.25) is 5.89 Å². The zero-order valence-corrected chi connectivity index (χ0v) is 24.9. The number of aromatic nitrogens is 5. The molecule has 12 nitrogen and oxygen atoms in total. The van der Waals surface area contributed by atoms with Crippen molar-refractivity contribution in [3.05, 3.63) is 46.2 Å². The van der Waals surface area contributed by atoms with Crippen molar-refractivity contribution in [1.82, 2.24) is 30.0 Å². The Kier molecular flexibility index (Phi) is 6.99. The Bertz CT molecular complexity index is 1990. The van der Waals surface area contributed by atoms with Gasteiger partial charge in [0.25, 0.3) is 0 Å². The highest BCUT2D eigenvalue weighted by Crippen LogP contribution is 2.46. The highest BCUT2D eigenvalue weighted by molar-refractivity contribution is 7.23. The van der Waals surface area contributed by atoms with Gasteiger partial charge in [-0.15, -0.1) is 11.3 Å². The first-order valence-corrected chi connectivity index (χ1v) is 14.9. The Morgan fingerprint density at radius 3 is 2.80 bits per heavy atom. The molecule has 15 heteroatoms. The van der Waals surface area contributed by atoms with E-state index >= 15 is 4.39 Å². The van der Waals surface area contributed by atoms with E-state index in [1.165, 1.54) is 0 Å². The third kappa shape index (κ3) is 4.57. The standard InChI is InChI=1S/C29H27F2N9O3S/c1-12(18-5-4-6-40(18)3)42-29-37-25-22(28(38-29)35-9-19-36-13(2)43-39-19)16-11-41-10-15(16)20(23(25)31)24-21-14(7-32)27(33)44-26(21)17(30)8-34-24/h8,12,18H,4-6,9-11,33H2,1-3H3,(H,35,37,38)/t12-,18-/m0/s1. The molecular formula is C29H27F2N9O3S. The SMILES string of the molecule is Cc1nc(CNc2nc(O[C@@H](C)[C@@H]3CCCN3C)nc3c(F)c(-c4ncc(F)c5sc(N)c(C#N)c45)c4c(c23)COC4)no1. The van der Waals surface area contributed by atoms with Crippen LogP contribution in [0.1, 0.15) is 48.2 Å². The first kappa shape index (κ1) is 28.3. The molecule has 1 fully saturated rings. The van der Waals surface area contributed by atoms with E-state index in [2.05, 4.69) is 35.3 Å². The number of nitrogen functional groups attached to an aromatic ring is 1. The molecule has 44 heavy (non-hydrogen) atoms. The number of likely N-dealkylation sites (N-methyl/N-ethyl adjacent to an activating group) is 1. The number of nitrogens with one attached hydrogen (secondary N) is 1. The van der Waals surface area contributed by atoms with Crippen LogP contribution in [0.2, 0.25) is 0 Å². The number of benzene rings is 1. The van der Waals surface area contributed by atoms with Gasteiger partial charge in [-0.3, -0.25) is 9.88 Å². The maximum absolute atomic E-state index is 17.0. The summed E-state index contributed by atoms with van der Waals surface area (Å²) in [6.07, 6.45) is 2.73. The highest BCUT2D eigenvalue weighted by Gasteiger charge is 2.33. The van der Waals surface area contributed by atoms with Crippen LogP contribution in [-0.2, 0) is 24.5 Å². The molecule has 0 spiro atoms. The maximum Gasteiger partial charge on any atom is 0.319 e. The fourth-order valence-corrected chi connectivity index (χ4v) is 7.10. The predicted molar refractivity (Wildman–Crippen MR) is 158 cm³/mol. The van der Waals surface area contributed by atoms with Crippen molar-refractivity contribution in [3.8, 4) is 23.3 Å². The number of hydrogen-bond acceptors (Lipinski definition) is 13. The molecule has 1 aromatic carbocycles. The molecule has 4 aromatic heterocycles. The number of likely N-dealkylation sites (tertiary alicyclic amines) is 1. The third-order valence-corrected chi connectivity index (χ3v) is 9.24. The second-order valence-corrected chi connectivity index (χ2v) is 12.0. The first-order chi connectivity index (χ1) is 21.2. The van der Waals surface area contributed by atoms with Crippen LogP contribution in [0, 0.1) is 29.9 Å². The van der Waals surface area contributed by atoms with Gasteiger partial charge in [0.05, 0.1) is 47.3 Å². The number of nitrogens with two attached hydrogens (primary N) is 1. The van der Waals surface area contributed by atoms with E-state index in [1.54, 1.807) is 6.92 Å². The average Bonchev–Trinajstić information content (AvgIpc) is 3.80. The molecule has 0 bridgehead atoms. The van der Waals surface area contributed by atoms with E-state index in [1.807, 2.05) is 20.0 Å². The fraction of sp³-hybridized carbons (Fsp3) is 0.379. The third-order valence-electron chi connectivity index (χ3n) is 8.21. The summed E-state index contributed by atoms with van der Waals surface area (Å²) in [4.78, 5) is 20.0. The number of fused-ring (bicyclic) bond motifs is 4. The van der Waals surface area contributed by atoms with Crippen LogP contribution in [0.5, 0.6) is 6.01 Å². The Hall–Kier alpha value is -4.52. The van der Waals surface area contributed by atoms with Crippen LogP contribution in [0.3, 0.4) is 0 Å².